The molecule has 0 saturated heterocycles. The number of hydrogen-bond donors (Lipinski definition) is 2. The van der Waals surface area contributed by atoms with Crippen LogP contribution in [0.1, 0.15) is 11.1 Å². The van der Waals surface area contributed by atoms with Crippen molar-refractivity contribution in [1.29, 1.82) is 0 Å². The van der Waals surface area contributed by atoms with E-state index in [0.717, 1.165) is 11.4 Å². The summed E-state index contributed by atoms with van der Waals surface area (Å²) in [6, 6.07) is 2.26. The van der Waals surface area contributed by atoms with E-state index in [1.54, 1.807) is 0 Å². The van der Waals surface area contributed by atoms with E-state index in [9.17, 15) is 35.5 Å². The van der Waals surface area contributed by atoms with Gasteiger partial charge in [0.25, 0.3) is 0 Å². The summed E-state index contributed by atoms with van der Waals surface area (Å²) in [4.78, 5) is 11.0. The molecular weight excluding hydrogens is 309 g/mol. The number of carbonyl (C=O) groups is 1. The topological polar surface area (TPSA) is 55.1 Å². The number of hydrogen-bond acceptors (Lipinski definition) is 2. The van der Waals surface area contributed by atoms with Gasteiger partial charge in [-0.15, -0.1) is 0 Å². The Hall–Kier alpha value is -1.84. The molecule has 0 atom stereocenters. The molecule has 0 aromatic heterocycles. The minimum absolute atomic E-state index is 0.0287. The highest BCUT2D eigenvalue weighted by molar-refractivity contribution is 5.97. The third-order valence-corrected chi connectivity index (χ3v) is 2.45. The van der Waals surface area contributed by atoms with Gasteiger partial charge in [0.05, 0.1) is 11.3 Å². The van der Waals surface area contributed by atoms with Gasteiger partial charge in [-0.2, -0.15) is 22.0 Å². The first kappa shape index (κ1) is 17.2. The molecule has 1 amide bonds. The number of alkyl halides is 7. The fourth-order valence-corrected chi connectivity index (χ4v) is 1.37. The highest BCUT2D eigenvalue weighted by Crippen LogP contribution is 2.36. The first-order valence-electron chi connectivity index (χ1n) is 5.37. The Balaban J connectivity index is 3.17. The molecule has 1 rings (SSSR count). The molecule has 1 aromatic carbocycles. The smallest absolute Gasteiger partial charge is 0.326 e. The van der Waals surface area contributed by atoms with Crippen LogP contribution in [0, 0.1) is 0 Å². The highest BCUT2D eigenvalue weighted by atomic mass is 19.4. The summed E-state index contributed by atoms with van der Waals surface area (Å²) < 4.78 is 87.6. The van der Waals surface area contributed by atoms with Crippen LogP contribution in [-0.2, 0) is 17.5 Å². The standard InChI is InChI=1S/C11H9F7N2O/c12-8(13)10(14,15)9(21)20-7-2-1-5(4-19)3-6(7)11(16,17)18/h1-3,8H,4,19H2,(H,20,21). The molecule has 0 heterocycles. The van der Waals surface area contributed by atoms with Gasteiger partial charge in [0, 0.05) is 6.54 Å². The largest absolute Gasteiger partial charge is 0.418 e. The average molecular weight is 318 g/mol. The van der Waals surface area contributed by atoms with Crippen LogP contribution in [0.25, 0.3) is 0 Å². The van der Waals surface area contributed by atoms with Crippen LogP contribution in [0.3, 0.4) is 0 Å². The zero-order chi connectivity index (χ0) is 16.4. The first-order valence-corrected chi connectivity index (χ1v) is 5.37. The first-order chi connectivity index (χ1) is 9.50. The van der Waals surface area contributed by atoms with Crippen molar-refractivity contribution in [2.24, 2.45) is 5.73 Å². The molecule has 10 heteroatoms. The van der Waals surface area contributed by atoms with E-state index in [1.165, 1.54) is 0 Å². The molecule has 0 fully saturated rings. The molecule has 1 aromatic rings. The third kappa shape index (κ3) is 3.84. The lowest BCUT2D eigenvalue weighted by Gasteiger charge is -2.18. The Morgan fingerprint density at radius 2 is 1.76 bits per heavy atom. The second-order valence-corrected chi connectivity index (χ2v) is 3.96. The maximum atomic E-state index is 12.7. The molecule has 21 heavy (non-hydrogen) atoms. The number of anilines is 1. The highest BCUT2D eigenvalue weighted by Gasteiger charge is 2.49. The van der Waals surface area contributed by atoms with Crippen LogP contribution in [0.2, 0.25) is 0 Å². The lowest BCUT2D eigenvalue weighted by molar-refractivity contribution is -0.163. The normalized spacial score (nSPS) is 12.6. The fourth-order valence-electron chi connectivity index (χ4n) is 1.37. The van der Waals surface area contributed by atoms with Crippen molar-refractivity contribution in [3.8, 4) is 0 Å². The Labute approximate surface area is 113 Å². The summed E-state index contributed by atoms with van der Waals surface area (Å²) in [5, 5.41) is 1.16. The van der Waals surface area contributed by atoms with E-state index in [4.69, 9.17) is 5.73 Å². The van der Waals surface area contributed by atoms with Gasteiger partial charge >= 0.3 is 24.4 Å². The maximum absolute atomic E-state index is 12.7. The Morgan fingerprint density at radius 3 is 2.19 bits per heavy atom. The van der Waals surface area contributed by atoms with Crippen molar-refractivity contribution in [1.82, 2.24) is 0 Å². The molecule has 118 valence electrons. The fraction of sp³-hybridized carbons (Fsp3) is 0.364. The number of rotatable bonds is 4. The van der Waals surface area contributed by atoms with E-state index in [0.29, 0.717) is 12.1 Å². The van der Waals surface area contributed by atoms with Crippen LogP contribution in [0.4, 0.5) is 36.4 Å². The van der Waals surface area contributed by atoms with Crippen molar-refractivity contribution < 1.29 is 35.5 Å². The summed E-state index contributed by atoms with van der Waals surface area (Å²) in [6.45, 7) is -0.259. The van der Waals surface area contributed by atoms with Gasteiger partial charge in [0.1, 0.15) is 0 Å². The third-order valence-electron chi connectivity index (χ3n) is 2.45. The van der Waals surface area contributed by atoms with Gasteiger partial charge in [-0.05, 0) is 17.7 Å². The van der Waals surface area contributed by atoms with Crippen molar-refractivity contribution in [2.75, 3.05) is 5.32 Å². The lowest BCUT2D eigenvalue weighted by atomic mass is 10.1. The molecule has 0 aliphatic carbocycles. The van der Waals surface area contributed by atoms with Crippen LogP contribution in [0.15, 0.2) is 18.2 Å². The summed E-state index contributed by atoms with van der Waals surface area (Å²) in [5.74, 6) is -7.63. The predicted octanol–water partition coefficient (Wildman–Crippen LogP) is 3.00. The van der Waals surface area contributed by atoms with E-state index in [2.05, 4.69) is 0 Å². The van der Waals surface area contributed by atoms with Crippen LogP contribution in [-0.4, -0.2) is 18.3 Å². The molecule has 0 aliphatic heterocycles. The van der Waals surface area contributed by atoms with Crippen molar-refractivity contribution in [2.45, 2.75) is 25.1 Å². The molecule has 0 saturated carbocycles. The molecule has 0 bridgehead atoms. The molecule has 0 spiro atoms. The Morgan fingerprint density at radius 1 is 1.19 bits per heavy atom. The van der Waals surface area contributed by atoms with Crippen molar-refractivity contribution in [3.63, 3.8) is 0 Å². The minimum Gasteiger partial charge on any atom is -0.326 e. The SMILES string of the molecule is NCc1ccc(NC(=O)C(F)(F)C(F)F)c(C(F)(F)F)c1. The lowest BCUT2D eigenvalue weighted by Crippen LogP contribution is -2.41. The summed E-state index contributed by atoms with van der Waals surface area (Å²) in [5.41, 5.74) is 2.67. The molecular formula is C11H9F7N2O. The number of benzene rings is 1. The van der Waals surface area contributed by atoms with Crippen LogP contribution in [0.5, 0.6) is 0 Å². The summed E-state index contributed by atoms with van der Waals surface area (Å²) in [7, 11) is 0. The number of halogens is 7. The second kappa shape index (κ2) is 5.88. The van der Waals surface area contributed by atoms with Gasteiger partial charge in [-0.1, -0.05) is 6.07 Å². The zero-order valence-electron chi connectivity index (χ0n) is 10.1. The van der Waals surface area contributed by atoms with Gasteiger partial charge < -0.3 is 11.1 Å². The van der Waals surface area contributed by atoms with Crippen LogP contribution < -0.4 is 11.1 Å². The van der Waals surface area contributed by atoms with Crippen LogP contribution >= 0.6 is 0 Å². The summed E-state index contributed by atoms with van der Waals surface area (Å²) in [6.07, 6.45) is -9.32. The molecule has 0 unspecified atom stereocenters. The van der Waals surface area contributed by atoms with E-state index in [-0.39, 0.29) is 12.1 Å². The monoisotopic (exact) mass is 318 g/mol. The van der Waals surface area contributed by atoms with E-state index in [1.807, 2.05) is 0 Å². The van der Waals surface area contributed by atoms with Gasteiger partial charge in [-0.3, -0.25) is 4.79 Å². The molecule has 3 N–H and O–H groups in total. The van der Waals surface area contributed by atoms with Gasteiger partial charge in [0.2, 0.25) is 0 Å². The summed E-state index contributed by atoms with van der Waals surface area (Å²) >= 11 is 0. The van der Waals surface area contributed by atoms with Gasteiger partial charge in [-0.25, -0.2) is 8.78 Å². The minimum atomic E-state index is -5.10. The van der Waals surface area contributed by atoms with Crippen molar-refractivity contribution >= 4 is 11.6 Å². The quantitative estimate of drug-likeness (QED) is 0.839. The van der Waals surface area contributed by atoms with Gasteiger partial charge in [0.15, 0.2) is 0 Å². The number of carbonyl (C=O) groups excluding carboxylic acids is 1. The van der Waals surface area contributed by atoms with E-state index < -0.39 is 35.7 Å². The zero-order valence-corrected chi connectivity index (χ0v) is 10.1. The maximum Gasteiger partial charge on any atom is 0.418 e. The molecule has 0 radical (unpaired) electrons. The van der Waals surface area contributed by atoms with Crippen molar-refractivity contribution in [3.05, 3.63) is 29.3 Å². The number of nitrogens with two attached hydrogens (primary N) is 1. The number of amides is 1. The number of nitrogens with one attached hydrogen (secondary N) is 1. The Kier molecular flexibility index (Phi) is 4.82. The molecule has 3 nitrogen and oxygen atoms in total. The predicted molar refractivity (Wildman–Crippen MR) is 58.9 cm³/mol. The second-order valence-electron chi connectivity index (χ2n) is 3.96. The Bertz CT molecular complexity index is 528. The average Bonchev–Trinajstić information content (AvgIpc) is 2.37. The van der Waals surface area contributed by atoms with E-state index >= 15 is 0 Å². The molecule has 0 aliphatic rings.